The molecule has 0 aromatic rings. The minimum Gasteiger partial charge on any atom is -0.304 e. The molecule has 0 spiro atoms. The van der Waals surface area contributed by atoms with Crippen molar-refractivity contribution in [3.05, 3.63) is 0 Å². The van der Waals surface area contributed by atoms with Gasteiger partial charge in [-0.1, -0.05) is 20.3 Å². The third kappa shape index (κ3) is 5.59. The molecule has 1 atom stereocenters. The van der Waals surface area contributed by atoms with Crippen molar-refractivity contribution in [2.45, 2.75) is 53.0 Å². The maximum absolute atomic E-state index is 2.42. The number of rotatable bonds is 6. The Balaban J connectivity index is 3.30. The Labute approximate surface area is 78.1 Å². The summed E-state index contributed by atoms with van der Waals surface area (Å²) in [6.45, 7) is 10.4. The molecule has 0 aromatic carbocycles. The van der Waals surface area contributed by atoms with Crippen molar-refractivity contribution < 1.29 is 0 Å². The van der Waals surface area contributed by atoms with E-state index in [2.05, 4.69) is 39.6 Å². The topological polar surface area (TPSA) is 3.24 Å². The first-order chi connectivity index (χ1) is 5.57. The first-order valence-corrected chi connectivity index (χ1v) is 5.28. The quantitative estimate of drug-likeness (QED) is 0.593. The monoisotopic (exact) mass is 171 g/mol. The second-order valence-electron chi connectivity index (χ2n) is 4.23. The second kappa shape index (κ2) is 6.47. The summed E-state index contributed by atoms with van der Waals surface area (Å²) in [7, 11) is 2.21. The fourth-order valence-electron chi connectivity index (χ4n) is 1.15. The first-order valence-electron chi connectivity index (χ1n) is 5.28. The lowest BCUT2D eigenvalue weighted by atomic mass is 10.0. The van der Waals surface area contributed by atoms with Gasteiger partial charge in [0.15, 0.2) is 0 Å². The van der Waals surface area contributed by atoms with Crippen molar-refractivity contribution in [3.8, 4) is 0 Å². The fourth-order valence-corrected chi connectivity index (χ4v) is 1.15. The van der Waals surface area contributed by atoms with E-state index >= 15 is 0 Å². The standard InChI is InChI=1S/C11H25N/c1-6-11(4)8-7-9-12(5)10(2)3/h10-11H,6-9H2,1-5H3. The zero-order chi connectivity index (χ0) is 9.56. The molecule has 0 N–H and O–H groups in total. The zero-order valence-electron chi connectivity index (χ0n) is 9.43. The van der Waals surface area contributed by atoms with Crippen molar-refractivity contribution in [3.63, 3.8) is 0 Å². The molecule has 0 aliphatic heterocycles. The van der Waals surface area contributed by atoms with E-state index in [0.29, 0.717) is 6.04 Å². The van der Waals surface area contributed by atoms with Crippen molar-refractivity contribution >= 4 is 0 Å². The molecular weight excluding hydrogens is 146 g/mol. The highest BCUT2D eigenvalue weighted by Gasteiger charge is 2.03. The van der Waals surface area contributed by atoms with E-state index in [0.717, 1.165) is 5.92 Å². The summed E-state index contributed by atoms with van der Waals surface area (Å²) in [5.41, 5.74) is 0. The number of hydrogen-bond acceptors (Lipinski definition) is 1. The molecule has 0 aromatic heterocycles. The Morgan fingerprint density at radius 3 is 2.17 bits per heavy atom. The van der Waals surface area contributed by atoms with Crippen LogP contribution >= 0.6 is 0 Å². The van der Waals surface area contributed by atoms with Gasteiger partial charge in [0.25, 0.3) is 0 Å². The lowest BCUT2D eigenvalue weighted by molar-refractivity contribution is 0.261. The Hall–Kier alpha value is -0.0400. The highest BCUT2D eigenvalue weighted by Crippen LogP contribution is 2.09. The predicted octanol–water partition coefficient (Wildman–Crippen LogP) is 3.15. The van der Waals surface area contributed by atoms with Crippen LogP contribution in [-0.2, 0) is 0 Å². The molecule has 74 valence electrons. The molecule has 1 nitrogen and oxygen atoms in total. The normalized spacial score (nSPS) is 14.2. The van der Waals surface area contributed by atoms with E-state index in [1.54, 1.807) is 0 Å². The van der Waals surface area contributed by atoms with Gasteiger partial charge >= 0.3 is 0 Å². The molecule has 0 bridgehead atoms. The van der Waals surface area contributed by atoms with Crippen LogP contribution in [-0.4, -0.2) is 24.5 Å². The van der Waals surface area contributed by atoms with E-state index in [-0.39, 0.29) is 0 Å². The van der Waals surface area contributed by atoms with Crippen LogP contribution in [0.15, 0.2) is 0 Å². The number of nitrogens with zero attached hydrogens (tertiary/aromatic N) is 1. The maximum atomic E-state index is 2.42. The predicted molar refractivity (Wildman–Crippen MR) is 56.5 cm³/mol. The van der Waals surface area contributed by atoms with Crippen molar-refractivity contribution in [1.29, 1.82) is 0 Å². The molecule has 0 rings (SSSR count). The van der Waals surface area contributed by atoms with Gasteiger partial charge in [-0.25, -0.2) is 0 Å². The first kappa shape index (κ1) is 12.0. The summed E-state index contributed by atoms with van der Waals surface area (Å²) in [5, 5.41) is 0. The van der Waals surface area contributed by atoms with E-state index < -0.39 is 0 Å². The molecule has 0 aliphatic rings. The van der Waals surface area contributed by atoms with Gasteiger partial charge in [0.1, 0.15) is 0 Å². The molecule has 0 radical (unpaired) electrons. The highest BCUT2D eigenvalue weighted by molar-refractivity contribution is 4.58. The van der Waals surface area contributed by atoms with E-state index in [1.165, 1.54) is 25.8 Å². The molecule has 0 saturated heterocycles. The minimum absolute atomic E-state index is 0.696. The molecule has 0 amide bonds. The molecule has 0 aliphatic carbocycles. The van der Waals surface area contributed by atoms with E-state index in [4.69, 9.17) is 0 Å². The SMILES string of the molecule is CCC(C)CCCN(C)C(C)C. The maximum Gasteiger partial charge on any atom is 0.00355 e. The van der Waals surface area contributed by atoms with Crippen molar-refractivity contribution in [2.24, 2.45) is 5.92 Å². The van der Waals surface area contributed by atoms with Gasteiger partial charge in [0.2, 0.25) is 0 Å². The summed E-state index contributed by atoms with van der Waals surface area (Å²) in [4.78, 5) is 2.42. The Bertz CT molecular complexity index is 99.2. The summed E-state index contributed by atoms with van der Waals surface area (Å²) in [6.07, 6.45) is 4.06. The molecule has 12 heavy (non-hydrogen) atoms. The molecule has 0 fully saturated rings. The Morgan fingerprint density at radius 2 is 1.75 bits per heavy atom. The van der Waals surface area contributed by atoms with Crippen LogP contribution in [0.5, 0.6) is 0 Å². The Kier molecular flexibility index (Phi) is 6.45. The third-order valence-corrected chi connectivity index (χ3v) is 2.79. The number of hydrogen-bond donors (Lipinski definition) is 0. The molecule has 0 heterocycles. The second-order valence-corrected chi connectivity index (χ2v) is 4.23. The van der Waals surface area contributed by atoms with Gasteiger partial charge in [-0.05, 0) is 46.2 Å². The largest absolute Gasteiger partial charge is 0.304 e. The summed E-state index contributed by atoms with van der Waals surface area (Å²) in [6, 6.07) is 0.696. The molecule has 0 saturated carbocycles. The summed E-state index contributed by atoms with van der Waals surface area (Å²) >= 11 is 0. The van der Waals surface area contributed by atoms with Gasteiger partial charge in [0.05, 0.1) is 0 Å². The van der Waals surface area contributed by atoms with Gasteiger partial charge < -0.3 is 4.90 Å². The van der Waals surface area contributed by atoms with Crippen LogP contribution in [0, 0.1) is 5.92 Å². The van der Waals surface area contributed by atoms with Crippen LogP contribution in [0.3, 0.4) is 0 Å². The van der Waals surface area contributed by atoms with Crippen LogP contribution in [0.4, 0.5) is 0 Å². The van der Waals surface area contributed by atoms with Gasteiger partial charge in [-0.3, -0.25) is 0 Å². The van der Waals surface area contributed by atoms with E-state index in [9.17, 15) is 0 Å². The molecule has 1 unspecified atom stereocenters. The average Bonchev–Trinajstić information content (AvgIpc) is 2.03. The van der Waals surface area contributed by atoms with Crippen molar-refractivity contribution in [1.82, 2.24) is 4.90 Å². The van der Waals surface area contributed by atoms with Crippen LogP contribution in [0.1, 0.15) is 47.0 Å². The van der Waals surface area contributed by atoms with Crippen LogP contribution in [0.25, 0.3) is 0 Å². The Morgan fingerprint density at radius 1 is 1.17 bits per heavy atom. The van der Waals surface area contributed by atoms with Gasteiger partial charge in [-0.15, -0.1) is 0 Å². The van der Waals surface area contributed by atoms with Gasteiger partial charge in [-0.2, -0.15) is 0 Å². The molecule has 1 heteroatoms. The third-order valence-electron chi connectivity index (χ3n) is 2.79. The van der Waals surface area contributed by atoms with Crippen LogP contribution in [0.2, 0.25) is 0 Å². The smallest absolute Gasteiger partial charge is 0.00355 e. The summed E-state index contributed by atoms with van der Waals surface area (Å²) in [5.74, 6) is 0.908. The molecular formula is C11H25N. The minimum atomic E-state index is 0.696. The highest BCUT2D eigenvalue weighted by atomic mass is 15.1. The lowest BCUT2D eigenvalue weighted by Crippen LogP contribution is -2.27. The average molecular weight is 171 g/mol. The zero-order valence-corrected chi connectivity index (χ0v) is 9.43. The van der Waals surface area contributed by atoms with Crippen LogP contribution < -0.4 is 0 Å². The van der Waals surface area contributed by atoms with E-state index in [1.807, 2.05) is 0 Å². The van der Waals surface area contributed by atoms with Crippen molar-refractivity contribution in [2.75, 3.05) is 13.6 Å². The fraction of sp³-hybridized carbons (Fsp3) is 1.00. The van der Waals surface area contributed by atoms with Gasteiger partial charge in [0, 0.05) is 6.04 Å². The summed E-state index contributed by atoms with van der Waals surface area (Å²) < 4.78 is 0. The lowest BCUT2D eigenvalue weighted by Gasteiger charge is -2.21.